The maximum absolute atomic E-state index is 11.7. The molecule has 10 nitrogen and oxygen atoms in total. The number of benzene rings is 3. The second-order valence-corrected chi connectivity index (χ2v) is 13.8. The molecule has 1 aromatic heterocycles. The fourth-order valence-corrected chi connectivity index (χ4v) is 7.23. The Kier molecular flexibility index (Phi) is 12.7. The van der Waals surface area contributed by atoms with Crippen molar-refractivity contribution in [3.63, 3.8) is 0 Å². The van der Waals surface area contributed by atoms with Gasteiger partial charge in [-0.25, -0.2) is 9.13 Å². The van der Waals surface area contributed by atoms with Gasteiger partial charge in [-0.2, -0.15) is 0 Å². The van der Waals surface area contributed by atoms with Crippen LogP contribution in [0.25, 0.3) is 0 Å². The van der Waals surface area contributed by atoms with Crippen LogP contribution in [0.1, 0.15) is 42.5 Å². The summed E-state index contributed by atoms with van der Waals surface area (Å²) in [5.41, 5.74) is 4.69. The molecule has 0 radical (unpaired) electrons. The highest BCUT2D eigenvalue weighted by atomic mass is 79.9. The van der Waals surface area contributed by atoms with Gasteiger partial charge < -0.3 is 45.7 Å². The molecular formula is C38H43BrCl2N4O6. The van der Waals surface area contributed by atoms with Crippen molar-refractivity contribution >= 4 is 40.8 Å². The van der Waals surface area contributed by atoms with E-state index in [9.17, 15) is 9.59 Å². The fourth-order valence-electron chi connectivity index (χ4n) is 6.68. The van der Waals surface area contributed by atoms with Crippen LogP contribution in [-0.2, 0) is 37.9 Å². The van der Waals surface area contributed by atoms with Crippen LogP contribution in [0.2, 0.25) is 10.0 Å². The number of carbonyl (C=O) groups excluding carboxylic acids is 2. The van der Waals surface area contributed by atoms with E-state index in [0.717, 1.165) is 54.3 Å². The van der Waals surface area contributed by atoms with E-state index in [1.165, 1.54) is 6.92 Å². The van der Waals surface area contributed by atoms with Gasteiger partial charge in [0, 0.05) is 62.7 Å². The number of halogens is 3. The van der Waals surface area contributed by atoms with Gasteiger partial charge in [0.1, 0.15) is 43.6 Å². The third kappa shape index (κ3) is 9.44. The minimum absolute atomic E-state index is 0. The summed E-state index contributed by atoms with van der Waals surface area (Å²) < 4.78 is 29.0. The summed E-state index contributed by atoms with van der Waals surface area (Å²) in [6.07, 6.45) is 6.37. The fraction of sp³-hybridized carbons (Fsp3) is 0.395. The largest absolute Gasteiger partial charge is 1.00 e. The monoisotopic (exact) mass is 800 g/mol. The average molecular weight is 803 g/mol. The zero-order valence-corrected chi connectivity index (χ0v) is 32.3. The molecule has 2 fully saturated rings. The Morgan fingerprint density at radius 1 is 0.980 bits per heavy atom. The first-order chi connectivity index (χ1) is 24.0. The Hall–Kier alpha value is -3.61. The molecule has 272 valence electrons. The van der Waals surface area contributed by atoms with Crippen molar-refractivity contribution in [3.05, 3.63) is 106 Å². The van der Waals surface area contributed by atoms with Crippen LogP contribution in [0.15, 0.2) is 73.3 Å². The molecule has 0 N–H and O–H groups in total. The highest BCUT2D eigenvalue weighted by Crippen LogP contribution is 2.40. The first-order valence-electron chi connectivity index (χ1n) is 16.8. The van der Waals surface area contributed by atoms with Crippen LogP contribution in [0, 0.1) is 13.8 Å². The Balaban J connectivity index is 0.00000504. The summed E-state index contributed by atoms with van der Waals surface area (Å²) in [4.78, 5) is 27.4. The van der Waals surface area contributed by atoms with Gasteiger partial charge in [-0.05, 0) is 79.1 Å². The van der Waals surface area contributed by atoms with Gasteiger partial charge >= 0.3 is 5.97 Å². The second kappa shape index (κ2) is 16.8. The third-order valence-electron chi connectivity index (χ3n) is 9.10. The van der Waals surface area contributed by atoms with E-state index < -0.39 is 5.79 Å². The molecule has 2 aliphatic rings. The minimum Gasteiger partial charge on any atom is -1.00 e. The average Bonchev–Trinajstić information content (AvgIpc) is 3.51. The van der Waals surface area contributed by atoms with E-state index in [4.69, 9.17) is 42.1 Å². The number of aromatic nitrogens is 2. The van der Waals surface area contributed by atoms with Crippen molar-refractivity contribution in [1.29, 1.82) is 0 Å². The summed E-state index contributed by atoms with van der Waals surface area (Å²) in [5.74, 6) is -0.0461. The van der Waals surface area contributed by atoms with Crippen LogP contribution >= 0.6 is 23.2 Å². The zero-order valence-electron chi connectivity index (χ0n) is 29.2. The van der Waals surface area contributed by atoms with E-state index in [2.05, 4.69) is 21.6 Å². The Morgan fingerprint density at radius 2 is 1.69 bits per heavy atom. The number of piperazine rings is 1. The first kappa shape index (κ1) is 38.6. The predicted octanol–water partition coefficient (Wildman–Crippen LogP) is 3.08. The third-order valence-corrected chi connectivity index (χ3v) is 9.65. The molecule has 3 aromatic carbocycles. The summed E-state index contributed by atoms with van der Waals surface area (Å²) in [6, 6.07) is 17.5. The van der Waals surface area contributed by atoms with Crippen molar-refractivity contribution in [1.82, 2.24) is 9.47 Å². The van der Waals surface area contributed by atoms with Crippen molar-refractivity contribution < 1.29 is 50.1 Å². The number of ether oxygens (including phenoxy) is 4. The number of amides is 1. The minimum atomic E-state index is -1.18. The highest BCUT2D eigenvalue weighted by Gasteiger charge is 2.44. The topological polar surface area (TPSA) is 86.4 Å². The number of nitrogens with zero attached hydrogens (tertiary/aromatic N) is 4. The molecule has 0 spiro atoms. The quantitative estimate of drug-likeness (QED) is 0.139. The lowest BCUT2D eigenvalue weighted by Crippen LogP contribution is -3.00. The SMILES string of the molecule is CC(=O)Oc1c(C)cc(C[n+]2ccn(C[C@]3(c4ccc(Cl)cc4Cl)OCC[C@@H](COc4ccc(N5CCN(C(C)=O)CC5)cc4)O3)c2)cc1C.[Br-]. The van der Waals surface area contributed by atoms with E-state index >= 15 is 0 Å². The normalized spacial score (nSPS) is 19.0. The van der Waals surface area contributed by atoms with Gasteiger partial charge in [0.05, 0.1) is 17.7 Å². The van der Waals surface area contributed by atoms with Crippen LogP contribution < -0.4 is 35.9 Å². The molecule has 0 bridgehead atoms. The van der Waals surface area contributed by atoms with Gasteiger partial charge in [0.2, 0.25) is 18.0 Å². The number of rotatable bonds is 10. The molecule has 2 saturated heterocycles. The molecule has 0 aliphatic carbocycles. The van der Waals surface area contributed by atoms with E-state index in [0.29, 0.717) is 54.1 Å². The molecule has 4 aromatic rings. The first-order valence-corrected chi connectivity index (χ1v) is 17.6. The molecule has 13 heteroatoms. The van der Waals surface area contributed by atoms with Crippen molar-refractivity contribution in [2.45, 2.75) is 59.1 Å². The van der Waals surface area contributed by atoms with E-state index in [1.54, 1.807) is 19.1 Å². The molecule has 3 heterocycles. The lowest BCUT2D eigenvalue weighted by atomic mass is 10.0. The second-order valence-electron chi connectivity index (χ2n) is 13.0. The number of anilines is 1. The lowest BCUT2D eigenvalue weighted by molar-refractivity contribution is -0.688. The molecule has 0 saturated carbocycles. The summed E-state index contributed by atoms with van der Waals surface area (Å²) in [5, 5.41) is 0.982. The molecule has 2 aliphatic heterocycles. The number of carbonyl (C=O) groups is 2. The van der Waals surface area contributed by atoms with Crippen LogP contribution in [0.3, 0.4) is 0 Å². The molecule has 6 rings (SSSR count). The number of aryl methyl sites for hydroxylation is 2. The maximum Gasteiger partial charge on any atom is 0.308 e. The van der Waals surface area contributed by atoms with Crippen molar-refractivity contribution in [2.24, 2.45) is 0 Å². The predicted molar refractivity (Wildman–Crippen MR) is 191 cm³/mol. The van der Waals surface area contributed by atoms with Gasteiger partial charge in [-0.3, -0.25) is 9.59 Å². The highest BCUT2D eigenvalue weighted by molar-refractivity contribution is 6.35. The standard InChI is InChI=1S/C38H43Cl2N4O6.BrH/c1-26-19-30(20-27(2)37(26)49-29(4)46)22-41-12-13-42(25-41)24-38(35-10-5-31(39)21-36(35)40)48-18-11-34(50-38)23-47-33-8-6-32(7-9-33)44-16-14-43(15-17-44)28(3)45;/h5-10,12-13,19-21,25,34H,11,14-18,22-24H2,1-4H3;1H/q+1;/p-1/t34-,38-;/m0./s1. The summed E-state index contributed by atoms with van der Waals surface area (Å²) in [7, 11) is 0. The zero-order chi connectivity index (χ0) is 35.4. The Morgan fingerprint density at radius 3 is 2.33 bits per heavy atom. The van der Waals surface area contributed by atoms with Crippen LogP contribution in [0.5, 0.6) is 11.5 Å². The van der Waals surface area contributed by atoms with E-state index in [-0.39, 0.29) is 35.0 Å². The van der Waals surface area contributed by atoms with Gasteiger partial charge in [-0.15, -0.1) is 0 Å². The summed E-state index contributed by atoms with van der Waals surface area (Å²) in [6.45, 7) is 11.7. The smallest absolute Gasteiger partial charge is 0.308 e. The number of hydrogen-bond acceptors (Lipinski definition) is 7. The number of esters is 1. The van der Waals surface area contributed by atoms with Gasteiger partial charge in [0.25, 0.3) is 0 Å². The molecule has 51 heavy (non-hydrogen) atoms. The van der Waals surface area contributed by atoms with Crippen molar-refractivity contribution in [2.75, 3.05) is 44.3 Å². The number of hydrogen-bond donors (Lipinski definition) is 0. The van der Waals surface area contributed by atoms with Crippen LogP contribution in [0.4, 0.5) is 5.69 Å². The number of imidazole rings is 1. The molecule has 1 amide bonds. The van der Waals surface area contributed by atoms with Crippen molar-refractivity contribution in [3.8, 4) is 11.5 Å². The molecule has 2 atom stereocenters. The molecular weight excluding hydrogens is 759 g/mol. The lowest BCUT2D eigenvalue weighted by Gasteiger charge is -2.40. The van der Waals surface area contributed by atoms with E-state index in [1.807, 2.05) is 72.4 Å². The van der Waals surface area contributed by atoms with Crippen LogP contribution in [-0.4, -0.2) is 66.8 Å². The van der Waals surface area contributed by atoms with Gasteiger partial charge in [0.15, 0.2) is 0 Å². The Labute approximate surface area is 319 Å². The summed E-state index contributed by atoms with van der Waals surface area (Å²) >= 11 is 13.1. The maximum atomic E-state index is 11.7. The molecule has 0 unspecified atom stereocenters. The van der Waals surface area contributed by atoms with Gasteiger partial charge in [-0.1, -0.05) is 29.3 Å². The Bertz CT molecular complexity index is 1820.